The van der Waals surface area contributed by atoms with Crippen molar-refractivity contribution < 1.29 is 4.79 Å². The Labute approximate surface area is 172 Å². The molecule has 3 aromatic rings. The zero-order chi connectivity index (χ0) is 19.9. The fourth-order valence-corrected chi connectivity index (χ4v) is 3.26. The van der Waals surface area contributed by atoms with Crippen LogP contribution in [-0.4, -0.2) is 19.5 Å². The van der Waals surface area contributed by atoms with E-state index in [1.807, 2.05) is 72.8 Å². The van der Waals surface area contributed by atoms with Crippen molar-refractivity contribution in [3.8, 4) is 11.1 Å². The second kappa shape index (κ2) is 9.43. The summed E-state index contributed by atoms with van der Waals surface area (Å²) in [7, 11) is 1.80. The van der Waals surface area contributed by atoms with Crippen LogP contribution in [0.25, 0.3) is 11.1 Å². The van der Waals surface area contributed by atoms with Crippen molar-refractivity contribution in [2.24, 2.45) is 0 Å². The van der Waals surface area contributed by atoms with E-state index in [1.54, 1.807) is 11.9 Å². The lowest BCUT2D eigenvalue weighted by atomic mass is 10.0. The Balaban J connectivity index is 1.70. The highest BCUT2D eigenvalue weighted by Gasteiger charge is 2.14. The van der Waals surface area contributed by atoms with Crippen LogP contribution < -0.4 is 10.2 Å². The Morgan fingerprint density at radius 1 is 0.964 bits per heavy atom. The molecule has 0 aliphatic rings. The number of nitrogens with one attached hydrogen (secondary N) is 1. The number of nitrogens with zero attached hydrogens (tertiary/aromatic N) is 1. The lowest BCUT2D eigenvalue weighted by Crippen LogP contribution is -2.26. The smallest absolute Gasteiger partial charge is 0.258 e. The summed E-state index contributed by atoms with van der Waals surface area (Å²) in [6, 6.07) is 23.2. The van der Waals surface area contributed by atoms with E-state index in [1.165, 1.54) is 0 Å². The number of anilines is 2. The average molecular weight is 393 g/mol. The van der Waals surface area contributed by atoms with Gasteiger partial charge in [0.05, 0.1) is 0 Å². The Kier molecular flexibility index (Phi) is 6.72. The molecule has 0 aromatic heterocycles. The largest absolute Gasteiger partial charge is 0.385 e. The van der Waals surface area contributed by atoms with Gasteiger partial charge in [-0.25, -0.2) is 0 Å². The lowest BCUT2D eigenvalue weighted by Gasteiger charge is -2.18. The molecule has 0 aliphatic carbocycles. The predicted molar refractivity (Wildman–Crippen MR) is 119 cm³/mol. The van der Waals surface area contributed by atoms with Gasteiger partial charge >= 0.3 is 0 Å². The number of hydrogen-bond donors (Lipinski definition) is 1. The van der Waals surface area contributed by atoms with Crippen LogP contribution in [-0.2, 0) is 0 Å². The molecule has 144 valence electrons. The van der Waals surface area contributed by atoms with Gasteiger partial charge in [-0.2, -0.15) is 0 Å². The number of halogens is 1. The highest BCUT2D eigenvalue weighted by molar-refractivity contribution is 6.33. The number of rotatable bonds is 7. The Morgan fingerprint density at radius 3 is 2.29 bits per heavy atom. The van der Waals surface area contributed by atoms with E-state index in [4.69, 9.17) is 11.6 Å². The molecular weight excluding hydrogens is 368 g/mol. The molecule has 0 saturated carbocycles. The van der Waals surface area contributed by atoms with Crippen LogP contribution in [0, 0.1) is 0 Å². The van der Waals surface area contributed by atoms with Gasteiger partial charge < -0.3 is 10.2 Å². The fraction of sp³-hybridized carbons (Fsp3) is 0.208. The van der Waals surface area contributed by atoms with Crippen LogP contribution in [0.15, 0.2) is 72.8 Å². The van der Waals surface area contributed by atoms with Gasteiger partial charge in [0, 0.05) is 41.1 Å². The summed E-state index contributed by atoms with van der Waals surface area (Å²) in [4.78, 5) is 14.5. The van der Waals surface area contributed by atoms with Crippen molar-refractivity contribution in [2.75, 3.05) is 23.8 Å². The van der Waals surface area contributed by atoms with E-state index in [0.29, 0.717) is 10.6 Å². The topological polar surface area (TPSA) is 32.3 Å². The molecule has 0 fully saturated rings. The van der Waals surface area contributed by atoms with Crippen molar-refractivity contribution in [2.45, 2.75) is 19.8 Å². The van der Waals surface area contributed by atoms with Crippen LogP contribution in [0.4, 0.5) is 11.4 Å². The zero-order valence-corrected chi connectivity index (χ0v) is 17.0. The molecule has 0 spiro atoms. The van der Waals surface area contributed by atoms with Crippen molar-refractivity contribution in [3.05, 3.63) is 83.4 Å². The lowest BCUT2D eigenvalue weighted by molar-refractivity contribution is 0.0993. The summed E-state index contributed by atoms with van der Waals surface area (Å²) in [6.45, 7) is 3.13. The van der Waals surface area contributed by atoms with Gasteiger partial charge in [-0.05, 0) is 54.4 Å². The van der Waals surface area contributed by atoms with Crippen molar-refractivity contribution in [3.63, 3.8) is 0 Å². The molecule has 0 aliphatic heterocycles. The number of unbranched alkanes of at least 4 members (excludes halogenated alkanes) is 1. The molecule has 4 heteroatoms. The van der Waals surface area contributed by atoms with Crippen molar-refractivity contribution >= 4 is 28.9 Å². The number of hydrogen-bond acceptors (Lipinski definition) is 2. The Morgan fingerprint density at radius 2 is 1.64 bits per heavy atom. The summed E-state index contributed by atoms with van der Waals surface area (Å²) < 4.78 is 0. The predicted octanol–water partition coefficient (Wildman–Crippen LogP) is 6.50. The minimum Gasteiger partial charge on any atom is -0.385 e. The van der Waals surface area contributed by atoms with Gasteiger partial charge in [0.2, 0.25) is 0 Å². The van der Waals surface area contributed by atoms with Crippen LogP contribution >= 0.6 is 11.6 Å². The average Bonchev–Trinajstić information content (AvgIpc) is 2.74. The van der Waals surface area contributed by atoms with Crippen molar-refractivity contribution in [1.82, 2.24) is 0 Å². The first-order valence-corrected chi connectivity index (χ1v) is 9.95. The minimum absolute atomic E-state index is 0.0441. The highest BCUT2D eigenvalue weighted by Crippen LogP contribution is 2.28. The van der Waals surface area contributed by atoms with E-state index >= 15 is 0 Å². The Bertz CT molecular complexity index is 920. The summed E-state index contributed by atoms with van der Waals surface area (Å²) in [5.41, 5.74) is 4.53. The third kappa shape index (κ3) is 4.73. The first kappa shape index (κ1) is 20.0. The number of carbonyl (C=O) groups excluding carboxylic acids is 1. The quantitative estimate of drug-likeness (QED) is 0.465. The molecule has 0 heterocycles. The van der Waals surface area contributed by atoms with Gasteiger partial charge in [-0.15, -0.1) is 0 Å². The summed E-state index contributed by atoms with van der Waals surface area (Å²) >= 11 is 6.26. The standard InChI is InChI=1S/C24H25ClN2O/c1-3-4-17-26-20-13-15-21(16-14-20)27(2)24(28)19-11-9-18(10-12-19)22-7-5-6-8-23(22)25/h5-16,26H,3-4,17H2,1-2H3. The van der Waals surface area contributed by atoms with Gasteiger partial charge in [0.1, 0.15) is 0 Å². The maximum absolute atomic E-state index is 12.8. The number of benzene rings is 3. The van der Waals surface area contributed by atoms with Crippen LogP contribution in [0.5, 0.6) is 0 Å². The first-order valence-electron chi connectivity index (χ1n) is 9.57. The van der Waals surface area contributed by atoms with Crippen LogP contribution in [0.3, 0.4) is 0 Å². The number of amides is 1. The van der Waals surface area contributed by atoms with E-state index < -0.39 is 0 Å². The molecule has 0 radical (unpaired) electrons. The maximum Gasteiger partial charge on any atom is 0.258 e. The molecular formula is C24H25ClN2O. The van der Waals surface area contributed by atoms with Crippen molar-refractivity contribution in [1.29, 1.82) is 0 Å². The highest BCUT2D eigenvalue weighted by atomic mass is 35.5. The normalized spacial score (nSPS) is 10.5. The zero-order valence-electron chi connectivity index (χ0n) is 16.3. The second-order valence-corrected chi connectivity index (χ2v) is 7.16. The SMILES string of the molecule is CCCCNc1ccc(N(C)C(=O)c2ccc(-c3ccccc3Cl)cc2)cc1. The van der Waals surface area contributed by atoms with Gasteiger partial charge in [-0.1, -0.05) is 55.3 Å². The molecule has 3 aromatic carbocycles. The minimum atomic E-state index is -0.0441. The van der Waals surface area contributed by atoms with Crippen LogP contribution in [0.2, 0.25) is 5.02 Å². The summed E-state index contributed by atoms with van der Waals surface area (Å²) in [6.07, 6.45) is 2.31. The van der Waals surface area contributed by atoms with Gasteiger partial charge in [0.25, 0.3) is 5.91 Å². The molecule has 3 nitrogen and oxygen atoms in total. The molecule has 1 amide bonds. The first-order chi connectivity index (χ1) is 13.6. The monoisotopic (exact) mass is 392 g/mol. The molecule has 0 unspecified atom stereocenters. The third-order valence-corrected chi connectivity index (χ3v) is 5.06. The van der Waals surface area contributed by atoms with Gasteiger partial charge in [0.15, 0.2) is 0 Å². The van der Waals surface area contributed by atoms with E-state index in [2.05, 4.69) is 12.2 Å². The van der Waals surface area contributed by atoms with E-state index in [9.17, 15) is 4.79 Å². The molecule has 0 saturated heterocycles. The molecule has 3 rings (SSSR count). The molecule has 28 heavy (non-hydrogen) atoms. The fourth-order valence-electron chi connectivity index (χ4n) is 3.01. The number of carbonyl (C=O) groups is 1. The van der Waals surface area contributed by atoms with E-state index in [0.717, 1.165) is 41.9 Å². The maximum atomic E-state index is 12.8. The third-order valence-electron chi connectivity index (χ3n) is 4.74. The summed E-state index contributed by atoms with van der Waals surface area (Å²) in [5.74, 6) is -0.0441. The summed E-state index contributed by atoms with van der Waals surface area (Å²) in [5, 5.41) is 4.09. The second-order valence-electron chi connectivity index (χ2n) is 6.75. The Hall–Kier alpha value is -2.78. The molecule has 1 N–H and O–H groups in total. The van der Waals surface area contributed by atoms with Gasteiger partial charge in [-0.3, -0.25) is 4.79 Å². The van der Waals surface area contributed by atoms with E-state index in [-0.39, 0.29) is 5.91 Å². The molecule has 0 bridgehead atoms. The van der Waals surface area contributed by atoms with Crippen LogP contribution in [0.1, 0.15) is 30.1 Å². The molecule has 0 atom stereocenters.